The number of benzene rings is 3. The van der Waals surface area contributed by atoms with Gasteiger partial charge < -0.3 is 0 Å². The lowest BCUT2D eigenvalue weighted by atomic mass is 10.3. The van der Waals surface area contributed by atoms with Crippen LogP contribution in [0.15, 0.2) is 42.2 Å². The Morgan fingerprint density at radius 2 is 0.679 bits per heavy atom. The van der Waals surface area contributed by atoms with Gasteiger partial charge >= 0.3 is 0 Å². The molecule has 0 aliphatic heterocycles. The van der Waals surface area contributed by atoms with E-state index >= 15 is 8.78 Å². The second-order valence-electron chi connectivity index (χ2n) is 5.78. The molecule has 0 saturated carbocycles. The fourth-order valence-electron chi connectivity index (χ4n) is 2.75. The zero-order valence-corrected chi connectivity index (χ0v) is 22.8. The van der Waals surface area contributed by atoms with Crippen molar-refractivity contribution in [3.8, 4) is 0 Å². The molecule has 0 unspecified atom stereocenters. The van der Waals surface area contributed by atoms with Gasteiger partial charge in [0.05, 0.1) is 18.8 Å². The van der Waals surface area contributed by atoms with E-state index < -0.39 is 0 Å². The van der Waals surface area contributed by atoms with Crippen LogP contribution in [0.5, 0.6) is 0 Å². The van der Waals surface area contributed by atoms with Crippen LogP contribution in [0.2, 0.25) is 0 Å². The molecule has 0 aliphatic carbocycles. The van der Waals surface area contributed by atoms with Gasteiger partial charge in [0.15, 0.2) is 11.6 Å². The van der Waals surface area contributed by atoms with Crippen LogP contribution in [0, 0.1) is 11.6 Å². The van der Waals surface area contributed by atoms with E-state index in [1.165, 1.54) is 45.3 Å². The molecule has 0 spiro atoms. The zero-order valence-electron chi connectivity index (χ0n) is 13.2. The summed E-state index contributed by atoms with van der Waals surface area (Å²) in [5.41, 5.74) is 0. The Hall–Kier alpha value is 0.320. The van der Waals surface area contributed by atoms with Crippen molar-refractivity contribution in [2.45, 2.75) is 0 Å². The molecule has 0 radical (unpaired) electrons. The average molecular weight is 706 g/mol. The molecule has 10 heteroatoms. The van der Waals surface area contributed by atoms with Crippen LogP contribution >= 0.6 is 109 Å². The third-order valence-corrected chi connectivity index (χ3v) is 12.8. The summed E-state index contributed by atoms with van der Waals surface area (Å²) in [6, 6.07) is 7.73. The van der Waals surface area contributed by atoms with Gasteiger partial charge in [-0.2, -0.15) is 0 Å². The maximum atomic E-state index is 15.5. The summed E-state index contributed by atoms with van der Waals surface area (Å²) in [5, 5.41) is 0. The SMILES string of the molecule is Fc1c2sc3cc(Br)c(Br)cc3sc2c(F)c2sc3cc(Br)c(Br)cc3sc12. The molecule has 2 heterocycles. The van der Waals surface area contributed by atoms with Gasteiger partial charge in [0.1, 0.15) is 0 Å². The molecule has 0 fully saturated rings. The highest BCUT2D eigenvalue weighted by atomic mass is 79.9. The third kappa shape index (κ3) is 3.23. The first kappa shape index (κ1) is 20.2. The first-order valence-corrected chi connectivity index (χ1v) is 14.0. The number of hydrogen-bond donors (Lipinski definition) is 0. The summed E-state index contributed by atoms with van der Waals surface area (Å²) in [4.78, 5) is 0. The van der Waals surface area contributed by atoms with Crippen LogP contribution in [-0.2, 0) is 0 Å². The smallest absolute Gasteiger partial charge is 0.160 e. The van der Waals surface area contributed by atoms with Crippen molar-refractivity contribution in [1.82, 2.24) is 0 Å². The lowest BCUT2D eigenvalue weighted by Gasteiger charge is -2.09. The first-order valence-electron chi connectivity index (χ1n) is 7.58. The minimum Gasteiger partial charge on any atom is -0.204 e. The normalized spacial score (nSPS) is 11.9. The molecule has 5 aromatic rings. The van der Waals surface area contributed by atoms with Crippen LogP contribution in [0.25, 0.3) is 37.6 Å². The van der Waals surface area contributed by atoms with Gasteiger partial charge in [0, 0.05) is 36.7 Å². The maximum absolute atomic E-state index is 15.5. The van der Waals surface area contributed by atoms with Crippen molar-refractivity contribution in [1.29, 1.82) is 0 Å². The molecule has 28 heavy (non-hydrogen) atoms. The second-order valence-corrected chi connectivity index (χ2v) is 13.4. The lowest BCUT2D eigenvalue weighted by molar-refractivity contribution is 0.640. The fourth-order valence-corrected chi connectivity index (χ4v) is 9.58. The molecule has 0 nitrogen and oxygen atoms in total. The van der Waals surface area contributed by atoms with Crippen molar-refractivity contribution >= 4 is 147 Å². The quantitative estimate of drug-likeness (QED) is 0.141. The Morgan fingerprint density at radius 1 is 0.464 bits per heavy atom. The Morgan fingerprint density at radius 3 is 0.893 bits per heavy atom. The largest absolute Gasteiger partial charge is 0.204 e. The molecular formula is C18H4Br4F2S4. The first-order chi connectivity index (χ1) is 13.3. The van der Waals surface area contributed by atoms with Crippen LogP contribution in [0.3, 0.4) is 0 Å². The van der Waals surface area contributed by atoms with Gasteiger partial charge in [-0.15, -0.1) is 45.3 Å². The fraction of sp³-hybridized carbons (Fsp3) is 0. The van der Waals surface area contributed by atoms with Crippen LogP contribution in [0.1, 0.15) is 0 Å². The monoisotopic (exact) mass is 702 g/mol. The van der Waals surface area contributed by atoms with Crippen LogP contribution in [-0.4, -0.2) is 0 Å². The highest BCUT2D eigenvalue weighted by Crippen LogP contribution is 2.46. The van der Waals surface area contributed by atoms with E-state index in [0.29, 0.717) is 18.8 Å². The van der Waals surface area contributed by atoms with Gasteiger partial charge in [-0.05, 0) is 88.0 Å². The molecule has 2 aromatic heterocycles. The van der Waals surface area contributed by atoms with E-state index in [2.05, 4.69) is 63.7 Å². The second kappa shape index (κ2) is 7.47. The van der Waals surface area contributed by atoms with E-state index in [4.69, 9.17) is 0 Å². The highest BCUT2D eigenvalue weighted by molar-refractivity contribution is 9.13. The van der Waals surface area contributed by atoms with Gasteiger partial charge in [-0.1, -0.05) is 0 Å². The van der Waals surface area contributed by atoms with E-state index in [0.717, 1.165) is 36.7 Å². The van der Waals surface area contributed by atoms with Gasteiger partial charge in [0.2, 0.25) is 0 Å². The molecule has 0 saturated heterocycles. The molecule has 3 aromatic carbocycles. The Balaban J connectivity index is 1.97. The summed E-state index contributed by atoms with van der Waals surface area (Å²) in [6.45, 7) is 0. The molecule has 0 atom stereocenters. The van der Waals surface area contributed by atoms with Crippen molar-refractivity contribution in [3.05, 3.63) is 53.8 Å². The van der Waals surface area contributed by atoms with E-state index in [-0.39, 0.29) is 11.6 Å². The Labute approximate surface area is 207 Å². The Bertz CT molecular complexity index is 1270. The molecule has 0 bridgehead atoms. The standard InChI is InChI=1S/C18H4Br4F2S4/c19-5-1-9-10(2-6(5)20)26-16-14(24)18-17(13(23)15(16)25-9)27-11-3-7(21)8(22)4-12(11)28-18/h1-4H. The maximum Gasteiger partial charge on any atom is 0.160 e. The van der Waals surface area contributed by atoms with Crippen LogP contribution < -0.4 is 0 Å². The van der Waals surface area contributed by atoms with Gasteiger partial charge in [0.25, 0.3) is 0 Å². The Kier molecular flexibility index (Phi) is 5.40. The molecule has 0 amide bonds. The van der Waals surface area contributed by atoms with Crippen molar-refractivity contribution in [2.24, 2.45) is 0 Å². The van der Waals surface area contributed by atoms with Crippen molar-refractivity contribution < 1.29 is 8.78 Å². The van der Waals surface area contributed by atoms with Gasteiger partial charge in [-0.3, -0.25) is 0 Å². The number of halogens is 6. The number of hydrogen-bond acceptors (Lipinski definition) is 4. The summed E-state index contributed by atoms with van der Waals surface area (Å²) >= 11 is 19.1. The molecule has 5 rings (SSSR count). The molecular weight excluding hydrogens is 702 g/mol. The zero-order chi connectivity index (χ0) is 19.7. The lowest BCUT2D eigenvalue weighted by Crippen LogP contribution is -1.86. The summed E-state index contributed by atoms with van der Waals surface area (Å²) in [5.74, 6) is -0.702. The number of fused-ring (bicyclic) bond motifs is 4. The van der Waals surface area contributed by atoms with E-state index in [1.807, 2.05) is 24.3 Å². The van der Waals surface area contributed by atoms with E-state index in [1.54, 1.807) is 0 Å². The van der Waals surface area contributed by atoms with Gasteiger partial charge in [-0.25, -0.2) is 8.78 Å². The predicted octanol–water partition coefficient (Wildman–Crippen LogP) is 11.0. The van der Waals surface area contributed by atoms with E-state index in [9.17, 15) is 0 Å². The third-order valence-electron chi connectivity index (χ3n) is 4.03. The summed E-state index contributed by atoms with van der Waals surface area (Å²) in [7, 11) is 0. The summed E-state index contributed by atoms with van der Waals surface area (Å²) < 4.78 is 39.6. The topological polar surface area (TPSA) is 0 Å². The average Bonchev–Trinajstić information content (AvgIpc) is 2.66. The van der Waals surface area contributed by atoms with Crippen molar-refractivity contribution in [2.75, 3.05) is 0 Å². The predicted molar refractivity (Wildman–Crippen MR) is 136 cm³/mol. The minimum atomic E-state index is -0.351. The van der Waals surface area contributed by atoms with Crippen LogP contribution in [0.4, 0.5) is 8.78 Å². The molecule has 0 N–H and O–H groups in total. The summed E-state index contributed by atoms with van der Waals surface area (Å²) in [6.07, 6.45) is 0. The van der Waals surface area contributed by atoms with Crippen molar-refractivity contribution in [3.63, 3.8) is 0 Å². The molecule has 142 valence electrons. The minimum absolute atomic E-state index is 0.351. The molecule has 0 aliphatic rings. The highest BCUT2D eigenvalue weighted by Gasteiger charge is 2.19. The number of rotatable bonds is 0.